The summed E-state index contributed by atoms with van der Waals surface area (Å²) in [5.74, 6) is 3.13. The minimum atomic E-state index is -2.97. The van der Waals surface area contributed by atoms with Crippen molar-refractivity contribution in [1.82, 2.24) is 14.5 Å². The molecule has 166 valence electrons. The van der Waals surface area contributed by atoms with Crippen molar-refractivity contribution in [1.29, 1.82) is 0 Å². The first kappa shape index (κ1) is 21.6. The Labute approximate surface area is 183 Å². The normalized spacial score (nSPS) is 19.4. The van der Waals surface area contributed by atoms with Gasteiger partial charge in [-0.15, -0.1) is 0 Å². The van der Waals surface area contributed by atoms with Crippen LogP contribution in [0.4, 0.5) is 5.95 Å². The molecule has 0 atom stereocenters. The quantitative estimate of drug-likeness (QED) is 0.526. The molecule has 1 saturated carbocycles. The maximum atomic E-state index is 11.3. The number of nitrogens with zero attached hydrogens (tertiary/aromatic N) is 3. The zero-order valence-corrected chi connectivity index (χ0v) is 18.9. The molecule has 0 unspecified atom stereocenters. The van der Waals surface area contributed by atoms with E-state index in [4.69, 9.17) is 9.72 Å². The summed E-state index contributed by atoms with van der Waals surface area (Å²) in [6.07, 6.45) is 10.3. The molecule has 0 radical (unpaired) electrons. The molecule has 0 bridgehead atoms. The van der Waals surface area contributed by atoms with Crippen molar-refractivity contribution < 1.29 is 13.2 Å². The Morgan fingerprint density at radius 2 is 1.97 bits per heavy atom. The van der Waals surface area contributed by atoms with Crippen molar-refractivity contribution in [3.8, 4) is 11.6 Å². The van der Waals surface area contributed by atoms with Gasteiger partial charge in [-0.05, 0) is 62.3 Å². The van der Waals surface area contributed by atoms with Crippen LogP contribution >= 0.6 is 0 Å². The summed E-state index contributed by atoms with van der Waals surface area (Å²) in [5.41, 5.74) is 0.983. The SMILES string of the molecule is CS(=O)(=O)CCCOc1cccc2c1ccn2-c1ccnc(N[C@H]2CC[C@H](C)CC2)n1. The second-order valence-electron chi connectivity index (χ2n) is 8.55. The van der Waals surface area contributed by atoms with Crippen LogP contribution in [-0.2, 0) is 9.84 Å². The number of nitrogens with one attached hydrogen (secondary N) is 1. The van der Waals surface area contributed by atoms with Crippen molar-refractivity contribution in [2.45, 2.75) is 45.1 Å². The summed E-state index contributed by atoms with van der Waals surface area (Å²) in [6.45, 7) is 2.67. The molecule has 2 heterocycles. The van der Waals surface area contributed by atoms with Crippen LogP contribution in [0.25, 0.3) is 16.7 Å². The third-order valence-corrected chi connectivity index (χ3v) is 6.88. The van der Waals surface area contributed by atoms with Gasteiger partial charge in [-0.3, -0.25) is 0 Å². The highest BCUT2D eigenvalue weighted by Crippen LogP contribution is 2.29. The molecule has 1 fully saturated rings. The van der Waals surface area contributed by atoms with E-state index < -0.39 is 9.84 Å². The minimum Gasteiger partial charge on any atom is -0.493 e. The molecule has 3 aromatic rings. The zero-order valence-electron chi connectivity index (χ0n) is 18.1. The molecule has 4 rings (SSSR count). The molecule has 1 aromatic carbocycles. The first-order valence-electron chi connectivity index (χ1n) is 10.9. The van der Waals surface area contributed by atoms with Gasteiger partial charge < -0.3 is 14.6 Å². The topological polar surface area (TPSA) is 86.1 Å². The van der Waals surface area contributed by atoms with E-state index in [0.717, 1.165) is 41.2 Å². The van der Waals surface area contributed by atoms with Crippen LogP contribution in [0.1, 0.15) is 39.0 Å². The number of rotatable bonds is 8. The summed E-state index contributed by atoms with van der Waals surface area (Å²) in [6, 6.07) is 10.2. The maximum Gasteiger partial charge on any atom is 0.224 e. The van der Waals surface area contributed by atoms with Gasteiger partial charge in [0, 0.05) is 30.1 Å². The number of hydrogen-bond acceptors (Lipinski definition) is 6. The molecule has 0 aliphatic heterocycles. The Hall–Kier alpha value is -2.61. The molecule has 1 N–H and O–H groups in total. The summed E-state index contributed by atoms with van der Waals surface area (Å²) in [5, 5.41) is 4.47. The van der Waals surface area contributed by atoms with Crippen LogP contribution in [0.5, 0.6) is 5.75 Å². The van der Waals surface area contributed by atoms with Gasteiger partial charge in [0.1, 0.15) is 21.4 Å². The predicted octanol–water partition coefficient (Wildman–Crippen LogP) is 4.22. The molecule has 0 spiro atoms. The zero-order chi connectivity index (χ0) is 21.8. The predicted molar refractivity (Wildman–Crippen MR) is 124 cm³/mol. The molecule has 31 heavy (non-hydrogen) atoms. The number of fused-ring (bicyclic) bond motifs is 1. The van der Waals surface area contributed by atoms with Gasteiger partial charge in [0.05, 0.1) is 17.9 Å². The second kappa shape index (κ2) is 9.26. The Morgan fingerprint density at radius 3 is 2.74 bits per heavy atom. The molecule has 1 aliphatic rings. The van der Waals surface area contributed by atoms with E-state index in [1.165, 1.54) is 19.1 Å². The highest BCUT2D eigenvalue weighted by molar-refractivity contribution is 7.90. The van der Waals surface area contributed by atoms with Crippen molar-refractivity contribution >= 4 is 26.7 Å². The average molecular weight is 443 g/mol. The van der Waals surface area contributed by atoms with Crippen LogP contribution in [0.3, 0.4) is 0 Å². The van der Waals surface area contributed by atoms with E-state index in [1.807, 2.05) is 41.1 Å². The fourth-order valence-electron chi connectivity index (χ4n) is 4.11. The minimum absolute atomic E-state index is 0.126. The van der Waals surface area contributed by atoms with Gasteiger partial charge in [-0.2, -0.15) is 4.98 Å². The Balaban J connectivity index is 1.50. The fraction of sp³-hybridized carbons (Fsp3) is 0.478. The number of benzene rings is 1. The van der Waals surface area contributed by atoms with Crippen LogP contribution < -0.4 is 10.1 Å². The van der Waals surface area contributed by atoms with E-state index >= 15 is 0 Å². The standard InChI is InChI=1S/C23H30N4O3S/c1-17-7-9-18(10-8-17)25-23-24-13-11-22(26-23)27-14-12-19-20(27)5-3-6-21(19)30-15-4-16-31(2,28)29/h3,5-6,11-14,17-18H,4,7-10,15-16H2,1-2H3,(H,24,25,26)/t17-,18-. The lowest BCUT2D eigenvalue weighted by Gasteiger charge is -2.26. The lowest BCUT2D eigenvalue weighted by atomic mass is 9.87. The Kier molecular flexibility index (Phi) is 6.46. The van der Waals surface area contributed by atoms with Gasteiger partial charge in [0.25, 0.3) is 0 Å². The number of hydrogen-bond donors (Lipinski definition) is 1. The van der Waals surface area contributed by atoms with Crippen molar-refractivity contribution in [3.05, 3.63) is 42.7 Å². The largest absolute Gasteiger partial charge is 0.493 e. The molecule has 0 amide bonds. The van der Waals surface area contributed by atoms with Crippen LogP contribution in [0.15, 0.2) is 42.7 Å². The summed E-state index contributed by atoms with van der Waals surface area (Å²) in [4.78, 5) is 9.16. The Morgan fingerprint density at radius 1 is 1.16 bits per heavy atom. The van der Waals surface area contributed by atoms with Crippen LogP contribution in [-0.4, -0.2) is 47.6 Å². The molecule has 8 heteroatoms. The number of aromatic nitrogens is 3. The van der Waals surface area contributed by atoms with Crippen molar-refractivity contribution in [2.75, 3.05) is 23.9 Å². The molecular weight excluding hydrogens is 412 g/mol. The van der Waals surface area contributed by atoms with Crippen LogP contribution in [0, 0.1) is 5.92 Å². The lowest BCUT2D eigenvalue weighted by Crippen LogP contribution is -2.26. The average Bonchev–Trinajstić information content (AvgIpc) is 3.17. The van der Waals surface area contributed by atoms with Gasteiger partial charge in [-0.1, -0.05) is 13.0 Å². The Bertz CT molecular complexity index is 1130. The van der Waals surface area contributed by atoms with Gasteiger partial charge in [-0.25, -0.2) is 13.4 Å². The molecule has 0 saturated heterocycles. The van der Waals surface area contributed by atoms with E-state index in [-0.39, 0.29) is 5.75 Å². The first-order chi connectivity index (χ1) is 14.9. The molecule has 7 nitrogen and oxygen atoms in total. The van der Waals surface area contributed by atoms with Crippen molar-refractivity contribution in [2.24, 2.45) is 5.92 Å². The van der Waals surface area contributed by atoms with Crippen molar-refractivity contribution in [3.63, 3.8) is 0 Å². The third kappa shape index (κ3) is 5.55. The first-order valence-corrected chi connectivity index (χ1v) is 13.0. The summed E-state index contributed by atoms with van der Waals surface area (Å²) >= 11 is 0. The summed E-state index contributed by atoms with van der Waals surface area (Å²) < 4.78 is 30.5. The highest BCUT2D eigenvalue weighted by Gasteiger charge is 2.19. The smallest absolute Gasteiger partial charge is 0.224 e. The highest BCUT2D eigenvalue weighted by atomic mass is 32.2. The maximum absolute atomic E-state index is 11.3. The summed E-state index contributed by atoms with van der Waals surface area (Å²) in [7, 11) is -2.97. The fourth-order valence-corrected chi connectivity index (χ4v) is 4.75. The van der Waals surface area contributed by atoms with E-state index in [9.17, 15) is 8.42 Å². The monoisotopic (exact) mass is 442 g/mol. The second-order valence-corrected chi connectivity index (χ2v) is 10.8. The van der Waals surface area contributed by atoms with Gasteiger partial charge >= 0.3 is 0 Å². The number of ether oxygens (including phenoxy) is 1. The van der Waals surface area contributed by atoms with Crippen LogP contribution in [0.2, 0.25) is 0 Å². The van der Waals surface area contributed by atoms with E-state index in [2.05, 4.69) is 17.2 Å². The lowest BCUT2D eigenvalue weighted by molar-refractivity contribution is 0.321. The molecule has 1 aliphatic carbocycles. The number of sulfone groups is 1. The number of anilines is 1. The van der Waals surface area contributed by atoms with Gasteiger partial charge in [0.2, 0.25) is 5.95 Å². The molecular formula is C23H30N4O3S. The third-order valence-electron chi connectivity index (χ3n) is 5.85. The van der Waals surface area contributed by atoms with E-state index in [1.54, 1.807) is 6.20 Å². The van der Waals surface area contributed by atoms with E-state index in [0.29, 0.717) is 25.0 Å². The van der Waals surface area contributed by atoms with Gasteiger partial charge in [0.15, 0.2) is 0 Å². The molecule has 2 aromatic heterocycles.